The van der Waals surface area contributed by atoms with Crippen molar-refractivity contribution < 1.29 is 14.3 Å². The molecule has 4 heteroatoms. The van der Waals surface area contributed by atoms with E-state index in [1.54, 1.807) is 0 Å². The van der Waals surface area contributed by atoms with Gasteiger partial charge in [0.2, 0.25) is 0 Å². The summed E-state index contributed by atoms with van der Waals surface area (Å²) in [5, 5.41) is 2.35. The van der Waals surface area contributed by atoms with Crippen LogP contribution in [0.5, 0.6) is 0 Å². The monoisotopic (exact) mass is 161 g/mol. The van der Waals surface area contributed by atoms with Crippen LogP contribution in [0, 0.1) is 0 Å². The fourth-order valence-corrected chi connectivity index (χ4v) is 0.506. The van der Waals surface area contributed by atoms with Gasteiger partial charge in [0.15, 0.2) is 6.10 Å². The third-order valence-electron chi connectivity index (χ3n) is 0.958. The Hall–Kier alpha value is -1.06. The first-order chi connectivity index (χ1) is 4.57. The summed E-state index contributed by atoms with van der Waals surface area (Å²) in [6, 6.07) is 0. The van der Waals surface area contributed by atoms with Crippen molar-refractivity contribution >= 4 is 11.9 Å². The Balaban J connectivity index is 0. The van der Waals surface area contributed by atoms with Gasteiger partial charge in [-0.1, -0.05) is 7.43 Å². The van der Waals surface area contributed by atoms with Crippen molar-refractivity contribution in [3.8, 4) is 0 Å². The van der Waals surface area contributed by atoms with E-state index in [0.29, 0.717) is 0 Å². The zero-order chi connectivity index (χ0) is 8.15. The van der Waals surface area contributed by atoms with Gasteiger partial charge in [0.05, 0.1) is 0 Å². The molecule has 0 bridgehead atoms. The fraction of sp³-hybridized carbons (Fsp3) is 0.714. The molecule has 0 aliphatic carbocycles. The number of esters is 1. The molecule has 1 unspecified atom stereocenters. The minimum absolute atomic E-state index is 0. The number of hydrogen-bond acceptors (Lipinski definition) is 3. The van der Waals surface area contributed by atoms with Crippen LogP contribution in [0.1, 0.15) is 21.3 Å². The Labute approximate surface area is 66.9 Å². The maximum Gasteiger partial charge on any atom is 0.303 e. The highest BCUT2D eigenvalue weighted by atomic mass is 16.5. The standard InChI is InChI=1S/C6H11NO3.CH4/c1-4(6(9)7-3)10-5(2)8;/h4H,1-3H3,(H,7,9);1H4. The lowest BCUT2D eigenvalue weighted by molar-refractivity contribution is -0.152. The Bertz CT molecular complexity index is 145. The van der Waals surface area contributed by atoms with Crippen LogP contribution in [0.15, 0.2) is 0 Å². The molecule has 0 aliphatic heterocycles. The maximum atomic E-state index is 10.7. The molecule has 4 nitrogen and oxygen atoms in total. The second-order valence-electron chi connectivity index (χ2n) is 1.87. The molecule has 0 aliphatic rings. The Kier molecular flexibility index (Phi) is 6.53. The Morgan fingerprint density at radius 3 is 2.18 bits per heavy atom. The first-order valence-electron chi connectivity index (χ1n) is 2.96. The van der Waals surface area contributed by atoms with Gasteiger partial charge in [-0.25, -0.2) is 0 Å². The number of hydrogen-bond donors (Lipinski definition) is 1. The highest BCUT2D eigenvalue weighted by Crippen LogP contribution is 1.89. The van der Waals surface area contributed by atoms with Crippen LogP contribution in [0.25, 0.3) is 0 Å². The summed E-state index contributed by atoms with van der Waals surface area (Å²) < 4.78 is 4.55. The van der Waals surface area contributed by atoms with E-state index in [9.17, 15) is 9.59 Å². The molecule has 0 saturated heterocycles. The number of amides is 1. The smallest absolute Gasteiger partial charge is 0.303 e. The van der Waals surface area contributed by atoms with Gasteiger partial charge in [-0.3, -0.25) is 9.59 Å². The van der Waals surface area contributed by atoms with Crippen molar-refractivity contribution in [3.63, 3.8) is 0 Å². The maximum absolute atomic E-state index is 10.7. The fourth-order valence-electron chi connectivity index (χ4n) is 0.506. The number of ether oxygens (including phenoxy) is 1. The minimum atomic E-state index is -0.692. The SMILES string of the molecule is C.CNC(=O)C(C)OC(C)=O. The molecular weight excluding hydrogens is 146 g/mol. The van der Waals surface area contributed by atoms with Crippen LogP contribution in [-0.2, 0) is 14.3 Å². The van der Waals surface area contributed by atoms with Gasteiger partial charge < -0.3 is 10.1 Å². The minimum Gasteiger partial charge on any atom is -0.453 e. The topological polar surface area (TPSA) is 55.4 Å². The van der Waals surface area contributed by atoms with Crippen molar-refractivity contribution in [1.29, 1.82) is 0 Å². The van der Waals surface area contributed by atoms with Crippen molar-refractivity contribution in [3.05, 3.63) is 0 Å². The van der Waals surface area contributed by atoms with Crippen LogP contribution in [0.4, 0.5) is 0 Å². The molecule has 1 atom stereocenters. The molecule has 1 amide bonds. The number of carbonyl (C=O) groups is 2. The molecule has 0 spiro atoms. The molecule has 0 aromatic rings. The molecule has 11 heavy (non-hydrogen) atoms. The second-order valence-corrected chi connectivity index (χ2v) is 1.87. The Morgan fingerprint density at radius 2 is 1.91 bits per heavy atom. The highest BCUT2D eigenvalue weighted by molar-refractivity contribution is 5.82. The summed E-state index contributed by atoms with van der Waals surface area (Å²) in [5.74, 6) is -0.744. The first kappa shape index (κ1) is 12.6. The third kappa shape index (κ3) is 5.39. The molecule has 0 saturated carbocycles. The van der Waals surface area contributed by atoms with Gasteiger partial charge in [0.25, 0.3) is 5.91 Å². The van der Waals surface area contributed by atoms with E-state index in [1.165, 1.54) is 20.9 Å². The first-order valence-corrected chi connectivity index (χ1v) is 2.96. The van der Waals surface area contributed by atoms with E-state index >= 15 is 0 Å². The molecule has 0 radical (unpaired) electrons. The summed E-state index contributed by atoms with van der Waals surface area (Å²) in [5.41, 5.74) is 0. The lowest BCUT2D eigenvalue weighted by Gasteiger charge is -2.08. The summed E-state index contributed by atoms with van der Waals surface area (Å²) >= 11 is 0. The molecule has 66 valence electrons. The van der Waals surface area contributed by atoms with Crippen molar-refractivity contribution in [2.45, 2.75) is 27.4 Å². The molecule has 0 heterocycles. The molecule has 1 N–H and O–H groups in total. The van der Waals surface area contributed by atoms with E-state index < -0.39 is 12.1 Å². The van der Waals surface area contributed by atoms with E-state index in [0.717, 1.165) is 0 Å². The van der Waals surface area contributed by atoms with E-state index in [2.05, 4.69) is 10.1 Å². The third-order valence-corrected chi connectivity index (χ3v) is 0.958. The van der Waals surface area contributed by atoms with Gasteiger partial charge in [-0.2, -0.15) is 0 Å². The van der Waals surface area contributed by atoms with Crippen molar-refractivity contribution in [1.82, 2.24) is 5.32 Å². The number of likely N-dealkylation sites (N-methyl/N-ethyl adjacent to an activating group) is 1. The molecule has 0 fully saturated rings. The summed E-state index contributed by atoms with van der Waals surface area (Å²) in [6.07, 6.45) is -0.692. The van der Waals surface area contributed by atoms with E-state index in [-0.39, 0.29) is 13.3 Å². The quantitative estimate of drug-likeness (QED) is 0.593. The van der Waals surface area contributed by atoms with Crippen molar-refractivity contribution in [2.24, 2.45) is 0 Å². The summed E-state index contributed by atoms with van der Waals surface area (Å²) in [6.45, 7) is 2.78. The number of carbonyl (C=O) groups excluding carboxylic acids is 2. The predicted molar refractivity (Wildman–Crippen MR) is 42.0 cm³/mol. The number of rotatable bonds is 2. The molecule has 0 rings (SSSR count). The van der Waals surface area contributed by atoms with Crippen LogP contribution in [0.3, 0.4) is 0 Å². The van der Waals surface area contributed by atoms with Gasteiger partial charge in [0, 0.05) is 14.0 Å². The lowest BCUT2D eigenvalue weighted by atomic mass is 10.4. The molecule has 0 aromatic heterocycles. The Morgan fingerprint density at radius 1 is 1.45 bits per heavy atom. The lowest BCUT2D eigenvalue weighted by Crippen LogP contribution is -2.32. The second kappa shape index (κ2) is 5.70. The zero-order valence-electron chi connectivity index (χ0n) is 6.30. The van der Waals surface area contributed by atoms with Crippen LogP contribution >= 0.6 is 0 Å². The van der Waals surface area contributed by atoms with Gasteiger partial charge in [-0.15, -0.1) is 0 Å². The van der Waals surface area contributed by atoms with Gasteiger partial charge >= 0.3 is 5.97 Å². The molecule has 0 aromatic carbocycles. The highest BCUT2D eigenvalue weighted by Gasteiger charge is 2.12. The zero-order valence-corrected chi connectivity index (χ0v) is 6.30. The van der Waals surface area contributed by atoms with Crippen LogP contribution < -0.4 is 5.32 Å². The average Bonchev–Trinajstić information content (AvgIpc) is 1.85. The summed E-state index contributed by atoms with van der Waals surface area (Å²) in [4.78, 5) is 20.9. The van der Waals surface area contributed by atoms with Gasteiger partial charge in [0.1, 0.15) is 0 Å². The largest absolute Gasteiger partial charge is 0.453 e. The van der Waals surface area contributed by atoms with Crippen molar-refractivity contribution in [2.75, 3.05) is 7.05 Å². The van der Waals surface area contributed by atoms with E-state index in [1.807, 2.05) is 0 Å². The number of nitrogens with one attached hydrogen (secondary N) is 1. The normalized spacial score (nSPS) is 10.8. The van der Waals surface area contributed by atoms with Crippen LogP contribution in [0.2, 0.25) is 0 Å². The van der Waals surface area contributed by atoms with Gasteiger partial charge in [-0.05, 0) is 6.92 Å². The predicted octanol–water partition coefficient (Wildman–Crippen LogP) is 0.320. The van der Waals surface area contributed by atoms with Crippen LogP contribution in [-0.4, -0.2) is 25.0 Å². The molecular formula is C7H15NO3. The van der Waals surface area contributed by atoms with E-state index in [4.69, 9.17) is 0 Å². The average molecular weight is 161 g/mol. The summed E-state index contributed by atoms with van der Waals surface area (Å²) in [7, 11) is 1.49.